The van der Waals surface area contributed by atoms with Crippen LogP contribution in [-0.4, -0.2) is 40.6 Å². The lowest BCUT2D eigenvalue weighted by atomic mass is 9.80. The molecule has 2 saturated heterocycles. The lowest BCUT2D eigenvalue weighted by Gasteiger charge is -2.27. The number of aromatic hydroxyl groups is 1. The van der Waals surface area contributed by atoms with E-state index in [0.717, 1.165) is 12.1 Å². The first-order valence-electron chi connectivity index (χ1n) is 9.84. The van der Waals surface area contributed by atoms with Crippen LogP contribution < -0.4 is 15.0 Å². The van der Waals surface area contributed by atoms with E-state index in [1.165, 1.54) is 38.3 Å². The Bertz CT molecular complexity index is 1170. The summed E-state index contributed by atoms with van der Waals surface area (Å²) in [7, 11) is 1.31. The summed E-state index contributed by atoms with van der Waals surface area (Å²) in [5.74, 6) is -6.21. The molecule has 8 nitrogen and oxygen atoms in total. The second-order valence-corrected chi connectivity index (χ2v) is 8.09. The van der Waals surface area contributed by atoms with E-state index in [1.807, 2.05) is 0 Å². The zero-order valence-corrected chi connectivity index (χ0v) is 17.4. The fraction of sp³-hybridized carbons (Fsp3) is 0.318. The van der Waals surface area contributed by atoms with E-state index < -0.39 is 52.9 Å². The van der Waals surface area contributed by atoms with Crippen LogP contribution in [0.3, 0.4) is 0 Å². The molecule has 11 heteroatoms. The van der Waals surface area contributed by atoms with Crippen molar-refractivity contribution in [3.8, 4) is 11.5 Å². The highest BCUT2D eigenvalue weighted by molar-refractivity contribution is 6.24. The SMILES string of the molecule is COc1cccc([C@@H]2N[C@](C)(C(=O)O)[C@H]3C(=O)N(c4cccc(C(F)(F)F)c4)C(=O)[C@@H]23)c1O. The molecule has 2 fully saturated rings. The standard InChI is InChI=1S/C22H19F3N2O6/c1-21(20(31)32)15-14(16(26-21)12-7-4-8-13(33-2)17(12)28)18(29)27(19(15)30)11-6-3-5-10(9-11)22(23,24)25/h3-9,14-16,26,28H,1-2H3,(H,31,32)/t14-,15-,16+,21+/m1/s1. The average Bonchev–Trinajstić information content (AvgIpc) is 3.21. The lowest BCUT2D eigenvalue weighted by Crippen LogP contribution is -2.53. The minimum absolute atomic E-state index is 0.0706. The van der Waals surface area contributed by atoms with Crippen molar-refractivity contribution in [1.29, 1.82) is 0 Å². The van der Waals surface area contributed by atoms with Crippen LogP contribution in [0, 0.1) is 11.8 Å². The molecule has 2 heterocycles. The van der Waals surface area contributed by atoms with Gasteiger partial charge in [0, 0.05) is 11.6 Å². The number of anilines is 1. The van der Waals surface area contributed by atoms with Gasteiger partial charge in [-0.3, -0.25) is 19.7 Å². The molecule has 2 aliphatic heterocycles. The molecule has 0 spiro atoms. The van der Waals surface area contributed by atoms with Gasteiger partial charge in [-0.1, -0.05) is 18.2 Å². The number of hydrogen-bond acceptors (Lipinski definition) is 6. The molecule has 33 heavy (non-hydrogen) atoms. The molecule has 2 aromatic carbocycles. The number of ether oxygens (including phenoxy) is 1. The molecule has 0 radical (unpaired) electrons. The molecule has 0 saturated carbocycles. The molecule has 174 valence electrons. The normalized spacial score (nSPS) is 27.1. The molecule has 0 aromatic heterocycles. The van der Waals surface area contributed by atoms with E-state index in [1.54, 1.807) is 0 Å². The second kappa shape index (κ2) is 7.48. The van der Waals surface area contributed by atoms with Crippen LogP contribution in [0.5, 0.6) is 11.5 Å². The maximum Gasteiger partial charge on any atom is 0.416 e. The number of imide groups is 1. The van der Waals surface area contributed by atoms with Crippen LogP contribution in [0.15, 0.2) is 42.5 Å². The number of methoxy groups -OCH3 is 1. The van der Waals surface area contributed by atoms with Gasteiger partial charge in [-0.25, -0.2) is 4.90 Å². The summed E-state index contributed by atoms with van der Waals surface area (Å²) < 4.78 is 44.7. The Morgan fingerprint density at radius 1 is 1.15 bits per heavy atom. The van der Waals surface area contributed by atoms with Crippen molar-refractivity contribution in [2.24, 2.45) is 11.8 Å². The first kappa shape index (κ1) is 22.6. The number of carbonyl (C=O) groups is 3. The molecular formula is C22H19F3N2O6. The van der Waals surface area contributed by atoms with Crippen molar-refractivity contribution in [3.63, 3.8) is 0 Å². The Hall–Kier alpha value is -3.60. The van der Waals surface area contributed by atoms with Crippen LogP contribution in [0.1, 0.15) is 24.1 Å². The molecule has 4 atom stereocenters. The Labute approximate surface area is 185 Å². The average molecular weight is 464 g/mol. The largest absolute Gasteiger partial charge is 0.504 e. The molecule has 2 amide bonds. The summed E-state index contributed by atoms with van der Waals surface area (Å²) in [5.41, 5.74) is -3.16. The summed E-state index contributed by atoms with van der Waals surface area (Å²) in [4.78, 5) is 39.4. The number of carboxylic acid groups (broad SMARTS) is 1. The number of phenols is 1. The number of carbonyl (C=O) groups excluding carboxylic acids is 2. The quantitative estimate of drug-likeness (QED) is 0.596. The van der Waals surface area contributed by atoms with Crippen LogP contribution in [0.25, 0.3) is 0 Å². The van der Waals surface area contributed by atoms with Crippen LogP contribution in [0.4, 0.5) is 18.9 Å². The summed E-state index contributed by atoms with van der Waals surface area (Å²) in [6.07, 6.45) is -4.70. The molecule has 2 aliphatic rings. The van der Waals surface area contributed by atoms with Gasteiger partial charge in [-0.05, 0) is 31.2 Å². The topological polar surface area (TPSA) is 116 Å². The smallest absolute Gasteiger partial charge is 0.416 e. The molecule has 3 N–H and O–H groups in total. The highest BCUT2D eigenvalue weighted by atomic mass is 19.4. The van der Waals surface area contributed by atoms with Crippen molar-refractivity contribution in [2.75, 3.05) is 12.0 Å². The van der Waals surface area contributed by atoms with E-state index in [0.29, 0.717) is 11.0 Å². The van der Waals surface area contributed by atoms with Crippen molar-refractivity contribution in [2.45, 2.75) is 24.7 Å². The van der Waals surface area contributed by atoms with E-state index >= 15 is 0 Å². The summed E-state index contributed by atoms with van der Waals surface area (Å²) in [6.45, 7) is 1.23. The van der Waals surface area contributed by atoms with Crippen molar-refractivity contribution in [3.05, 3.63) is 53.6 Å². The van der Waals surface area contributed by atoms with E-state index in [-0.39, 0.29) is 22.7 Å². The van der Waals surface area contributed by atoms with Crippen LogP contribution >= 0.6 is 0 Å². The first-order valence-corrected chi connectivity index (χ1v) is 9.84. The Kier molecular flexibility index (Phi) is 5.12. The third-order valence-corrected chi connectivity index (χ3v) is 6.25. The zero-order chi connectivity index (χ0) is 24.3. The predicted molar refractivity (Wildman–Crippen MR) is 107 cm³/mol. The third kappa shape index (κ3) is 3.30. The van der Waals surface area contributed by atoms with Crippen molar-refractivity contribution in [1.82, 2.24) is 5.32 Å². The number of hydrogen-bond donors (Lipinski definition) is 3. The molecule has 0 aliphatic carbocycles. The van der Waals surface area contributed by atoms with Crippen molar-refractivity contribution >= 4 is 23.5 Å². The number of carboxylic acids is 1. The maximum atomic E-state index is 13.4. The highest BCUT2D eigenvalue weighted by Gasteiger charge is 2.67. The van der Waals surface area contributed by atoms with Gasteiger partial charge in [0.15, 0.2) is 11.5 Å². The van der Waals surface area contributed by atoms with Gasteiger partial charge in [0.2, 0.25) is 11.8 Å². The summed E-state index contributed by atoms with van der Waals surface area (Å²) >= 11 is 0. The van der Waals surface area contributed by atoms with Crippen LogP contribution in [0.2, 0.25) is 0 Å². The molecule has 0 bridgehead atoms. The monoisotopic (exact) mass is 464 g/mol. The maximum absolute atomic E-state index is 13.4. The van der Waals surface area contributed by atoms with Gasteiger partial charge in [0.25, 0.3) is 0 Å². The molecule has 0 unspecified atom stereocenters. The number of rotatable bonds is 4. The number of nitrogens with one attached hydrogen (secondary N) is 1. The van der Waals surface area contributed by atoms with E-state index in [9.17, 15) is 37.8 Å². The number of halogens is 3. The fourth-order valence-electron chi connectivity index (χ4n) is 4.63. The summed E-state index contributed by atoms with van der Waals surface area (Å²) in [6, 6.07) is 7.02. The lowest BCUT2D eigenvalue weighted by molar-refractivity contribution is -0.147. The number of amides is 2. The minimum atomic E-state index is -4.70. The van der Waals surface area contributed by atoms with E-state index in [2.05, 4.69) is 5.32 Å². The minimum Gasteiger partial charge on any atom is -0.504 e. The van der Waals surface area contributed by atoms with Gasteiger partial charge >= 0.3 is 12.1 Å². The second-order valence-electron chi connectivity index (χ2n) is 8.09. The number of benzene rings is 2. The number of nitrogens with zero attached hydrogens (tertiary/aromatic N) is 1. The Morgan fingerprint density at radius 2 is 1.82 bits per heavy atom. The predicted octanol–water partition coefficient (Wildman–Crippen LogP) is 2.71. The molecule has 4 rings (SSSR count). The van der Waals surface area contributed by atoms with Crippen molar-refractivity contribution < 1.29 is 42.5 Å². The fourth-order valence-corrected chi connectivity index (χ4v) is 4.63. The van der Waals surface area contributed by atoms with Gasteiger partial charge < -0.3 is 14.9 Å². The number of phenolic OH excluding ortho intramolecular Hbond substituents is 1. The third-order valence-electron chi connectivity index (χ3n) is 6.25. The van der Waals surface area contributed by atoms with Gasteiger partial charge in [-0.2, -0.15) is 13.2 Å². The summed E-state index contributed by atoms with van der Waals surface area (Å²) in [5, 5.41) is 23.3. The first-order chi connectivity index (χ1) is 15.4. The van der Waals surface area contributed by atoms with E-state index in [4.69, 9.17) is 4.74 Å². The highest BCUT2D eigenvalue weighted by Crippen LogP contribution is 2.52. The number of aliphatic carboxylic acids is 1. The Balaban J connectivity index is 1.84. The Morgan fingerprint density at radius 3 is 2.42 bits per heavy atom. The molecule has 2 aromatic rings. The van der Waals surface area contributed by atoms with Gasteiger partial charge in [-0.15, -0.1) is 0 Å². The number of fused-ring (bicyclic) bond motifs is 1. The number of para-hydroxylation sites is 1. The number of alkyl halides is 3. The molecular weight excluding hydrogens is 445 g/mol. The van der Waals surface area contributed by atoms with Gasteiger partial charge in [0.05, 0.1) is 30.2 Å². The van der Waals surface area contributed by atoms with Gasteiger partial charge in [0.1, 0.15) is 5.54 Å². The zero-order valence-electron chi connectivity index (χ0n) is 17.4. The van der Waals surface area contributed by atoms with Crippen LogP contribution in [-0.2, 0) is 20.6 Å².